The smallest absolute Gasteiger partial charge is 0.225 e. The molecule has 2 aliphatic rings. The Bertz CT molecular complexity index is 515. The van der Waals surface area contributed by atoms with E-state index in [1.54, 1.807) is 6.20 Å². The van der Waals surface area contributed by atoms with Crippen LogP contribution in [0.5, 0.6) is 0 Å². The van der Waals surface area contributed by atoms with Crippen molar-refractivity contribution < 1.29 is 9.59 Å². The number of H-pyrrole nitrogens is 1. The Kier molecular flexibility index (Phi) is 5.31. The molecular formula is C17H26N4O2. The standard InChI is InChI=1S/C17H26N4O2/c22-16(6-5-13-11-18-19-12-13)20-15-7-9-21(10-8-15)17(23)14-3-1-2-4-14/h11-12,14-15H,1-10H2,(H,18,19)(H,20,22). The molecule has 6 heteroatoms. The van der Waals surface area contributed by atoms with Crippen LogP contribution in [-0.4, -0.2) is 46.0 Å². The van der Waals surface area contributed by atoms with Gasteiger partial charge in [-0.3, -0.25) is 14.7 Å². The van der Waals surface area contributed by atoms with Crippen molar-refractivity contribution in [1.29, 1.82) is 0 Å². The Balaban J connectivity index is 1.37. The largest absolute Gasteiger partial charge is 0.353 e. The van der Waals surface area contributed by atoms with Crippen LogP contribution in [0.1, 0.15) is 50.5 Å². The Morgan fingerprint density at radius 2 is 1.96 bits per heavy atom. The number of hydrogen-bond acceptors (Lipinski definition) is 3. The highest BCUT2D eigenvalue weighted by Crippen LogP contribution is 2.27. The van der Waals surface area contributed by atoms with E-state index in [1.807, 2.05) is 11.1 Å². The number of hydrogen-bond donors (Lipinski definition) is 2. The Hall–Kier alpha value is -1.85. The van der Waals surface area contributed by atoms with Crippen LogP contribution in [0.2, 0.25) is 0 Å². The molecule has 2 amide bonds. The SMILES string of the molecule is O=C(CCc1cn[nH]c1)NC1CCN(C(=O)C2CCCC2)CC1. The van der Waals surface area contributed by atoms with E-state index in [0.29, 0.717) is 18.7 Å². The highest BCUT2D eigenvalue weighted by Gasteiger charge is 2.30. The summed E-state index contributed by atoms with van der Waals surface area (Å²) >= 11 is 0. The van der Waals surface area contributed by atoms with Gasteiger partial charge in [0.2, 0.25) is 11.8 Å². The van der Waals surface area contributed by atoms with Crippen LogP contribution in [0.25, 0.3) is 0 Å². The maximum Gasteiger partial charge on any atom is 0.225 e. The number of amides is 2. The number of nitrogens with zero attached hydrogens (tertiary/aromatic N) is 2. The van der Waals surface area contributed by atoms with Crippen LogP contribution in [-0.2, 0) is 16.0 Å². The minimum Gasteiger partial charge on any atom is -0.353 e. The average Bonchev–Trinajstić information content (AvgIpc) is 3.26. The minimum atomic E-state index is 0.0896. The van der Waals surface area contributed by atoms with Crippen LogP contribution in [0.3, 0.4) is 0 Å². The first-order valence-electron chi connectivity index (χ1n) is 8.78. The second-order valence-electron chi connectivity index (χ2n) is 6.76. The summed E-state index contributed by atoms with van der Waals surface area (Å²) in [6.45, 7) is 1.56. The lowest BCUT2D eigenvalue weighted by molar-refractivity contribution is -0.136. The van der Waals surface area contributed by atoms with Gasteiger partial charge in [-0.2, -0.15) is 5.10 Å². The molecule has 0 aromatic carbocycles. The van der Waals surface area contributed by atoms with E-state index < -0.39 is 0 Å². The van der Waals surface area contributed by atoms with E-state index in [0.717, 1.165) is 44.3 Å². The molecule has 0 atom stereocenters. The van der Waals surface area contributed by atoms with Crippen molar-refractivity contribution in [3.8, 4) is 0 Å². The Morgan fingerprint density at radius 3 is 2.61 bits per heavy atom. The van der Waals surface area contributed by atoms with E-state index in [-0.39, 0.29) is 17.9 Å². The molecule has 1 saturated carbocycles. The van der Waals surface area contributed by atoms with Gasteiger partial charge >= 0.3 is 0 Å². The van der Waals surface area contributed by atoms with Crippen molar-refractivity contribution in [2.75, 3.05) is 13.1 Å². The minimum absolute atomic E-state index is 0.0896. The topological polar surface area (TPSA) is 78.1 Å². The number of carbonyl (C=O) groups is 2. The third kappa shape index (κ3) is 4.33. The molecule has 23 heavy (non-hydrogen) atoms. The molecule has 6 nitrogen and oxygen atoms in total. The summed E-state index contributed by atoms with van der Waals surface area (Å²) in [5.41, 5.74) is 1.05. The lowest BCUT2D eigenvalue weighted by atomic mass is 10.0. The molecular weight excluding hydrogens is 292 g/mol. The van der Waals surface area contributed by atoms with E-state index in [2.05, 4.69) is 15.5 Å². The number of nitrogens with one attached hydrogen (secondary N) is 2. The van der Waals surface area contributed by atoms with Crippen LogP contribution in [0.4, 0.5) is 0 Å². The zero-order valence-electron chi connectivity index (χ0n) is 13.6. The van der Waals surface area contributed by atoms with Crippen molar-refractivity contribution in [1.82, 2.24) is 20.4 Å². The van der Waals surface area contributed by atoms with Gasteiger partial charge < -0.3 is 10.2 Å². The summed E-state index contributed by atoms with van der Waals surface area (Å²) in [6.07, 6.45) is 11.0. The molecule has 2 heterocycles. The van der Waals surface area contributed by atoms with Crippen molar-refractivity contribution in [2.45, 2.75) is 57.4 Å². The number of aromatic amines is 1. The summed E-state index contributed by atoms with van der Waals surface area (Å²) in [5, 5.41) is 9.74. The van der Waals surface area contributed by atoms with Crippen LogP contribution in [0.15, 0.2) is 12.4 Å². The molecule has 0 unspecified atom stereocenters. The molecule has 1 aliphatic carbocycles. The summed E-state index contributed by atoms with van der Waals surface area (Å²) in [6, 6.07) is 0.208. The molecule has 0 spiro atoms. The first-order valence-corrected chi connectivity index (χ1v) is 8.78. The molecule has 0 radical (unpaired) electrons. The first kappa shape index (κ1) is 16.0. The van der Waals surface area contributed by atoms with E-state index in [1.165, 1.54) is 12.8 Å². The molecule has 3 rings (SSSR count). The van der Waals surface area contributed by atoms with Gasteiger partial charge in [0.25, 0.3) is 0 Å². The zero-order chi connectivity index (χ0) is 16.1. The third-order valence-electron chi connectivity index (χ3n) is 5.07. The van der Waals surface area contributed by atoms with Gasteiger partial charge in [-0.05, 0) is 37.7 Å². The molecule has 1 saturated heterocycles. The van der Waals surface area contributed by atoms with E-state index >= 15 is 0 Å². The quantitative estimate of drug-likeness (QED) is 0.866. The Labute approximate surface area is 137 Å². The third-order valence-corrected chi connectivity index (χ3v) is 5.07. The number of rotatable bonds is 5. The fourth-order valence-electron chi connectivity index (χ4n) is 3.65. The summed E-state index contributed by atoms with van der Waals surface area (Å²) in [5.74, 6) is 0.690. The van der Waals surface area contributed by atoms with Crippen molar-refractivity contribution in [3.63, 3.8) is 0 Å². The van der Waals surface area contributed by atoms with Gasteiger partial charge in [0.15, 0.2) is 0 Å². The fourth-order valence-corrected chi connectivity index (χ4v) is 3.65. The number of aromatic nitrogens is 2. The summed E-state index contributed by atoms with van der Waals surface area (Å²) in [7, 11) is 0. The first-order chi connectivity index (χ1) is 11.2. The fraction of sp³-hybridized carbons (Fsp3) is 0.706. The lowest BCUT2D eigenvalue weighted by Gasteiger charge is -2.34. The second-order valence-corrected chi connectivity index (χ2v) is 6.76. The molecule has 1 aromatic heterocycles. The van der Waals surface area contributed by atoms with Crippen LogP contribution in [0, 0.1) is 5.92 Å². The average molecular weight is 318 g/mol. The molecule has 1 aromatic rings. The summed E-state index contributed by atoms with van der Waals surface area (Å²) in [4.78, 5) is 26.4. The monoisotopic (exact) mass is 318 g/mol. The predicted octanol–water partition coefficient (Wildman–Crippen LogP) is 1.64. The van der Waals surface area contributed by atoms with Gasteiger partial charge in [0.05, 0.1) is 6.20 Å². The van der Waals surface area contributed by atoms with Crippen LogP contribution < -0.4 is 5.32 Å². The maximum absolute atomic E-state index is 12.4. The second kappa shape index (κ2) is 7.62. The molecule has 1 aliphatic heterocycles. The van der Waals surface area contributed by atoms with Gasteiger partial charge in [-0.15, -0.1) is 0 Å². The lowest BCUT2D eigenvalue weighted by Crippen LogP contribution is -2.47. The normalized spacial score (nSPS) is 19.9. The van der Waals surface area contributed by atoms with Gasteiger partial charge in [0, 0.05) is 37.7 Å². The molecule has 2 fully saturated rings. The highest BCUT2D eigenvalue weighted by molar-refractivity contribution is 5.79. The number of aryl methyl sites for hydroxylation is 1. The maximum atomic E-state index is 12.4. The van der Waals surface area contributed by atoms with Crippen LogP contribution >= 0.6 is 0 Å². The molecule has 0 bridgehead atoms. The zero-order valence-corrected chi connectivity index (χ0v) is 13.6. The highest BCUT2D eigenvalue weighted by atomic mass is 16.2. The number of carbonyl (C=O) groups excluding carboxylic acids is 2. The number of likely N-dealkylation sites (tertiary alicyclic amines) is 1. The van der Waals surface area contributed by atoms with Crippen molar-refractivity contribution >= 4 is 11.8 Å². The molecule has 126 valence electrons. The van der Waals surface area contributed by atoms with Crippen molar-refractivity contribution in [2.24, 2.45) is 5.92 Å². The Morgan fingerprint density at radius 1 is 1.22 bits per heavy atom. The predicted molar refractivity (Wildman–Crippen MR) is 86.6 cm³/mol. The van der Waals surface area contributed by atoms with E-state index in [4.69, 9.17) is 0 Å². The van der Waals surface area contributed by atoms with Gasteiger partial charge in [-0.1, -0.05) is 12.8 Å². The van der Waals surface area contributed by atoms with Gasteiger partial charge in [-0.25, -0.2) is 0 Å². The van der Waals surface area contributed by atoms with Crippen molar-refractivity contribution in [3.05, 3.63) is 18.0 Å². The summed E-state index contributed by atoms with van der Waals surface area (Å²) < 4.78 is 0. The van der Waals surface area contributed by atoms with E-state index in [9.17, 15) is 9.59 Å². The van der Waals surface area contributed by atoms with Gasteiger partial charge in [0.1, 0.15) is 0 Å². The molecule has 2 N–H and O–H groups in total. The number of piperidine rings is 1.